The summed E-state index contributed by atoms with van der Waals surface area (Å²) in [7, 11) is 1.95. The van der Waals surface area contributed by atoms with Gasteiger partial charge in [-0.1, -0.05) is 25.1 Å². The molecule has 230 valence electrons. The van der Waals surface area contributed by atoms with Crippen LogP contribution >= 0.6 is 0 Å². The van der Waals surface area contributed by atoms with Crippen molar-refractivity contribution < 1.29 is 32.3 Å². The van der Waals surface area contributed by atoms with Gasteiger partial charge in [0.1, 0.15) is 17.4 Å². The number of piperazine rings is 1. The Morgan fingerprint density at radius 1 is 1.02 bits per heavy atom. The fraction of sp³-hybridized carbons (Fsp3) is 0.433. The number of amides is 4. The molecule has 0 radical (unpaired) electrons. The van der Waals surface area contributed by atoms with E-state index in [2.05, 4.69) is 15.5 Å². The number of alkyl halides is 2. The number of nitriles is 1. The maximum absolute atomic E-state index is 15.1. The molecule has 2 aromatic carbocycles. The van der Waals surface area contributed by atoms with Crippen LogP contribution in [0.2, 0.25) is 0 Å². The fourth-order valence-corrected chi connectivity index (χ4v) is 4.38. The van der Waals surface area contributed by atoms with E-state index in [4.69, 9.17) is 5.26 Å². The average Bonchev–Trinajstić information content (AvgIpc) is 2.97. The van der Waals surface area contributed by atoms with Crippen molar-refractivity contribution in [2.75, 3.05) is 38.5 Å². The number of anilines is 1. The number of benzene rings is 2. The van der Waals surface area contributed by atoms with Crippen LogP contribution in [0, 0.1) is 17.1 Å². The lowest BCUT2D eigenvalue weighted by Crippen LogP contribution is -2.56. The van der Waals surface area contributed by atoms with E-state index in [1.807, 2.05) is 12.4 Å². The second-order valence-electron chi connectivity index (χ2n) is 10.9. The van der Waals surface area contributed by atoms with Gasteiger partial charge in [-0.25, -0.2) is 4.39 Å². The number of carbonyl (C=O) groups is 4. The zero-order valence-electron chi connectivity index (χ0n) is 24.5. The van der Waals surface area contributed by atoms with Gasteiger partial charge in [-0.15, -0.1) is 0 Å². The third-order valence-corrected chi connectivity index (χ3v) is 7.12. The van der Waals surface area contributed by atoms with Gasteiger partial charge < -0.3 is 25.8 Å². The number of halogens is 3. The molecule has 1 heterocycles. The number of rotatable bonds is 10. The van der Waals surface area contributed by atoms with Crippen molar-refractivity contribution in [1.82, 2.24) is 20.4 Å². The molecule has 1 atom stereocenters. The molecule has 13 heteroatoms. The first-order chi connectivity index (χ1) is 20.2. The van der Waals surface area contributed by atoms with Gasteiger partial charge in [0.2, 0.25) is 17.7 Å². The molecule has 1 aliphatic heterocycles. The largest absolute Gasteiger partial charge is 0.349 e. The minimum atomic E-state index is -4.05. The Bertz CT molecular complexity index is 1420. The zero-order valence-corrected chi connectivity index (χ0v) is 24.5. The maximum Gasteiger partial charge on any atom is 0.349 e. The van der Waals surface area contributed by atoms with Crippen molar-refractivity contribution in [2.45, 2.75) is 51.1 Å². The quantitative estimate of drug-likeness (QED) is 0.384. The van der Waals surface area contributed by atoms with Gasteiger partial charge in [-0.05, 0) is 50.7 Å². The van der Waals surface area contributed by atoms with E-state index in [9.17, 15) is 28.0 Å². The van der Waals surface area contributed by atoms with Gasteiger partial charge in [0, 0.05) is 44.6 Å². The van der Waals surface area contributed by atoms with Crippen LogP contribution in [0.25, 0.3) is 0 Å². The Morgan fingerprint density at radius 3 is 2.30 bits per heavy atom. The molecule has 1 fully saturated rings. The molecule has 0 aromatic heterocycles. The minimum absolute atomic E-state index is 0.00565. The highest BCUT2D eigenvalue weighted by Gasteiger charge is 2.45. The highest BCUT2D eigenvalue weighted by atomic mass is 19.3. The minimum Gasteiger partial charge on any atom is -0.344 e. The van der Waals surface area contributed by atoms with Crippen LogP contribution in [0.3, 0.4) is 0 Å². The zero-order chi connectivity index (χ0) is 31.9. The Kier molecular flexibility index (Phi) is 10.5. The molecule has 1 aliphatic rings. The summed E-state index contributed by atoms with van der Waals surface area (Å²) in [5.74, 6) is -8.26. The molecule has 0 bridgehead atoms. The van der Waals surface area contributed by atoms with Crippen LogP contribution < -0.4 is 16.0 Å². The average molecular weight is 601 g/mol. The SMILES string of the molecule is CCC(=O)N[C@H](Cc1ccc(NC(=O)C(C)(C)NC(=O)C(F)(F)c2cccc(C#N)c2)c(F)c1)C(=O)N1CCN(C)CC1. The molecule has 10 nitrogen and oxygen atoms in total. The maximum atomic E-state index is 15.1. The second kappa shape index (κ2) is 13.7. The Balaban J connectivity index is 1.70. The smallest absolute Gasteiger partial charge is 0.344 e. The number of nitrogens with one attached hydrogen (secondary N) is 3. The van der Waals surface area contributed by atoms with E-state index in [0.717, 1.165) is 18.2 Å². The fourth-order valence-electron chi connectivity index (χ4n) is 4.38. The van der Waals surface area contributed by atoms with Crippen LogP contribution in [-0.2, 0) is 31.5 Å². The number of hydrogen-bond donors (Lipinski definition) is 3. The first kappa shape index (κ1) is 33.1. The highest BCUT2D eigenvalue weighted by molar-refractivity contribution is 6.01. The van der Waals surface area contributed by atoms with Crippen molar-refractivity contribution in [3.63, 3.8) is 0 Å². The molecule has 1 saturated heterocycles. The van der Waals surface area contributed by atoms with E-state index >= 15 is 4.39 Å². The molecular weight excluding hydrogens is 565 g/mol. The number of nitrogens with zero attached hydrogens (tertiary/aromatic N) is 3. The molecule has 43 heavy (non-hydrogen) atoms. The topological polar surface area (TPSA) is 135 Å². The van der Waals surface area contributed by atoms with Gasteiger partial charge in [0.05, 0.1) is 17.3 Å². The van der Waals surface area contributed by atoms with Gasteiger partial charge in [-0.3, -0.25) is 19.2 Å². The summed E-state index contributed by atoms with van der Waals surface area (Å²) in [6.45, 7) is 6.38. The van der Waals surface area contributed by atoms with Crippen LogP contribution in [0.1, 0.15) is 43.9 Å². The molecule has 0 unspecified atom stereocenters. The van der Waals surface area contributed by atoms with Crippen molar-refractivity contribution in [3.05, 3.63) is 65.0 Å². The molecular formula is C30H35F3N6O4. The molecule has 0 saturated carbocycles. The predicted molar refractivity (Wildman–Crippen MR) is 152 cm³/mol. The summed E-state index contributed by atoms with van der Waals surface area (Å²) in [5.41, 5.74) is -2.57. The molecule has 3 N–H and O–H groups in total. The predicted octanol–water partition coefficient (Wildman–Crippen LogP) is 2.53. The standard InChI is InChI=1S/C30H35F3N6O4/c1-5-25(40)35-24(26(41)39-13-11-38(4)12-14-39)17-19-9-10-23(22(31)16-19)36-27(42)29(2,3)37-28(43)30(32,33)21-8-6-7-20(15-21)18-34/h6-10,15-16,24H,5,11-14,17H2,1-4H3,(H,35,40)(H,36,42)(H,37,43)/t24-/m1/s1. The van der Waals surface area contributed by atoms with E-state index in [0.29, 0.717) is 31.7 Å². The highest BCUT2D eigenvalue weighted by Crippen LogP contribution is 2.30. The number of hydrogen-bond acceptors (Lipinski definition) is 6. The Hall–Kier alpha value is -4.44. The van der Waals surface area contributed by atoms with Crippen molar-refractivity contribution in [3.8, 4) is 6.07 Å². The van der Waals surface area contributed by atoms with Gasteiger partial charge in [0.25, 0.3) is 5.91 Å². The summed E-state index contributed by atoms with van der Waals surface area (Å²) in [6.07, 6.45) is 0.169. The van der Waals surface area contributed by atoms with Crippen LogP contribution in [0.15, 0.2) is 42.5 Å². The van der Waals surface area contributed by atoms with Crippen LogP contribution in [0.5, 0.6) is 0 Å². The normalized spacial score (nSPS) is 14.8. The van der Waals surface area contributed by atoms with Crippen molar-refractivity contribution in [1.29, 1.82) is 5.26 Å². The lowest BCUT2D eigenvalue weighted by atomic mass is 10.00. The number of likely N-dealkylation sites (N-methyl/N-ethyl adjacent to an activating group) is 1. The molecule has 2 aromatic rings. The Morgan fingerprint density at radius 2 is 1.70 bits per heavy atom. The second-order valence-corrected chi connectivity index (χ2v) is 10.9. The van der Waals surface area contributed by atoms with Gasteiger partial charge in [-0.2, -0.15) is 14.0 Å². The summed E-state index contributed by atoms with van der Waals surface area (Å²) in [6, 6.07) is 9.02. The number of carbonyl (C=O) groups excluding carboxylic acids is 4. The molecule has 0 spiro atoms. The summed E-state index contributed by atoms with van der Waals surface area (Å²) < 4.78 is 44.7. The van der Waals surface area contributed by atoms with E-state index in [1.54, 1.807) is 17.9 Å². The first-order valence-electron chi connectivity index (χ1n) is 13.8. The first-order valence-corrected chi connectivity index (χ1v) is 13.8. The third kappa shape index (κ3) is 8.32. The van der Waals surface area contributed by atoms with E-state index < -0.39 is 40.7 Å². The van der Waals surface area contributed by atoms with Crippen LogP contribution in [0.4, 0.5) is 18.9 Å². The monoisotopic (exact) mass is 600 g/mol. The van der Waals surface area contributed by atoms with E-state index in [-0.39, 0.29) is 35.9 Å². The summed E-state index contributed by atoms with van der Waals surface area (Å²) in [5, 5.41) is 16.0. The molecule has 0 aliphatic carbocycles. The van der Waals surface area contributed by atoms with E-state index in [1.165, 1.54) is 38.1 Å². The summed E-state index contributed by atoms with van der Waals surface area (Å²) in [4.78, 5) is 54.4. The van der Waals surface area contributed by atoms with Gasteiger partial charge in [0.15, 0.2) is 0 Å². The van der Waals surface area contributed by atoms with Crippen molar-refractivity contribution >= 4 is 29.3 Å². The lowest BCUT2D eigenvalue weighted by Gasteiger charge is -2.34. The third-order valence-electron chi connectivity index (χ3n) is 7.12. The molecule has 4 amide bonds. The van der Waals surface area contributed by atoms with Crippen LogP contribution in [-0.4, -0.2) is 78.2 Å². The van der Waals surface area contributed by atoms with Gasteiger partial charge >= 0.3 is 5.92 Å². The van der Waals surface area contributed by atoms with Crippen molar-refractivity contribution in [2.24, 2.45) is 0 Å². The lowest BCUT2D eigenvalue weighted by molar-refractivity contribution is -0.150. The Labute approximate surface area is 248 Å². The summed E-state index contributed by atoms with van der Waals surface area (Å²) >= 11 is 0. The molecule has 3 rings (SSSR count).